The molecule has 1 aliphatic rings. The monoisotopic (exact) mass is 418 g/mol. The van der Waals surface area contributed by atoms with Crippen LogP contribution in [0, 0.1) is 0 Å². The SMILES string of the molecule is CC(C)c1c[nH]c(N2CC(O[Si](c3ccccc3)(c3ccccc3)C(C)(C)C)C2)c1. The highest BCUT2D eigenvalue weighted by molar-refractivity contribution is 6.99. The summed E-state index contributed by atoms with van der Waals surface area (Å²) in [6.07, 6.45) is 2.37. The van der Waals surface area contributed by atoms with Gasteiger partial charge in [0.2, 0.25) is 0 Å². The average molecular weight is 419 g/mol. The molecule has 2 aromatic carbocycles. The number of nitrogens with one attached hydrogen (secondary N) is 1. The molecule has 1 N–H and O–H groups in total. The minimum atomic E-state index is -2.46. The van der Waals surface area contributed by atoms with Crippen LogP contribution in [0.3, 0.4) is 0 Å². The molecule has 0 spiro atoms. The van der Waals surface area contributed by atoms with Crippen molar-refractivity contribution in [2.24, 2.45) is 0 Å². The zero-order chi connectivity index (χ0) is 21.4. The molecule has 1 fully saturated rings. The maximum Gasteiger partial charge on any atom is 0.261 e. The number of hydrogen-bond acceptors (Lipinski definition) is 2. The first-order valence-electron chi connectivity index (χ1n) is 11.0. The Balaban J connectivity index is 1.63. The van der Waals surface area contributed by atoms with Crippen LogP contribution in [0.5, 0.6) is 0 Å². The van der Waals surface area contributed by atoms with Gasteiger partial charge in [-0.3, -0.25) is 0 Å². The molecule has 4 heteroatoms. The van der Waals surface area contributed by atoms with E-state index in [1.165, 1.54) is 21.8 Å². The average Bonchev–Trinajstić information content (AvgIpc) is 3.18. The molecule has 30 heavy (non-hydrogen) atoms. The standard InChI is InChI=1S/C26H34N2OSi/c1-20(2)21-16-25(27-17-21)28-18-22(19-28)29-30(26(3,4)5,23-12-8-6-9-13-23)24-14-10-7-11-15-24/h6-17,20,22,27H,18-19H2,1-5H3. The van der Waals surface area contributed by atoms with E-state index in [1.54, 1.807) is 0 Å². The number of aromatic amines is 1. The van der Waals surface area contributed by atoms with Crippen molar-refractivity contribution < 1.29 is 4.43 Å². The van der Waals surface area contributed by atoms with E-state index in [1.807, 2.05) is 0 Å². The Morgan fingerprint density at radius 1 is 0.933 bits per heavy atom. The second-order valence-corrected chi connectivity index (χ2v) is 14.0. The van der Waals surface area contributed by atoms with Crippen LogP contribution < -0.4 is 15.3 Å². The number of anilines is 1. The lowest BCUT2D eigenvalue weighted by atomic mass is 10.1. The Kier molecular flexibility index (Phi) is 5.65. The topological polar surface area (TPSA) is 28.3 Å². The van der Waals surface area contributed by atoms with Crippen LogP contribution >= 0.6 is 0 Å². The second kappa shape index (κ2) is 8.08. The van der Waals surface area contributed by atoms with Gasteiger partial charge >= 0.3 is 0 Å². The van der Waals surface area contributed by atoms with Gasteiger partial charge in [0, 0.05) is 19.3 Å². The van der Waals surface area contributed by atoms with Crippen molar-refractivity contribution in [3.8, 4) is 0 Å². The van der Waals surface area contributed by atoms with Gasteiger partial charge in [-0.05, 0) is 33.0 Å². The summed E-state index contributed by atoms with van der Waals surface area (Å²) >= 11 is 0. The van der Waals surface area contributed by atoms with Crippen molar-refractivity contribution in [1.82, 2.24) is 4.98 Å². The van der Waals surface area contributed by atoms with Gasteiger partial charge in [-0.25, -0.2) is 0 Å². The maximum absolute atomic E-state index is 7.20. The molecule has 1 aliphatic heterocycles. The van der Waals surface area contributed by atoms with E-state index in [0.717, 1.165) is 13.1 Å². The zero-order valence-electron chi connectivity index (χ0n) is 18.9. The fourth-order valence-corrected chi connectivity index (χ4v) is 9.23. The fourth-order valence-electron chi connectivity index (χ4n) is 4.57. The Hall–Kier alpha value is -2.30. The molecule has 3 nitrogen and oxygen atoms in total. The summed E-state index contributed by atoms with van der Waals surface area (Å²) in [7, 11) is -2.46. The third-order valence-electron chi connectivity index (χ3n) is 6.31. The normalized spacial score (nSPS) is 15.5. The first-order chi connectivity index (χ1) is 14.3. The number of benzene rings is 2. The van der Waals surface area contributed by atoms with Gasteiger partial charge in [0.25, 0.3) is 8.32 Å². The molecule has 0 unspecified atom stereocenters. The number of hydrogen-bond donors (Lipinski definition) is 1. The van der Waals surface area contributed by atoms with Crippen molar-refractivity contribution >= 4 is 24.5 Å². The molecule has 4 rings (SSSR count). The van der Waals surface area contributed by atoms with Gasteiger partial charge < -0.3 is 14.3 Å². The summed E-state index contributed by atoms with van der Waals surface area (Å²) in [4.78, 5) is 5.84. The van der Waals surface area contributed by atoms with Crippen LogP contribution in [0.2, 0.25) is 5.04 Å². The first-order valence-corrected chi connectivity index (χ1v) is 12.9. The van der Waals surface area contributed by atoms with Crippen LogP contribution in [0.15, 0.2) is 72.9 Å². The molecule has 0 amide bonds. The van der Waals surface area contributed by atoms with E-state index < -0.39 is 8.32 Å². The Morgan fingerprint density at radius 2 is 1.47 bits per heavy atom. The first kappa shape index (κ1) is 20.9. The summed E-state index contributed by atoms with van der Waals surface area (Å²) in [6, 6.07) is 24.1. The molecule has 0 aliphatic carbocycles. The molecule has 1 aromatic heterocycles. The largest absolute Gasteiger partial charge is 0.401 e. The quantitative estimate of drug-likeness (QED) is 0.577. The molecule has 0 saturated carbocycles. The van der Waals surface area contributed by atoms with E-state index in [4.69, 9.17) is 4.43 Å². The van der Waals surface area contributed by atoms with Gasteiger partial charge in [-0.1, -0.05) is 95.3 Å². The molecule has 2 heterocycles. The molecular formula is C26H34N2OSi. The predicted molar refractivity (Wildman–Crippen MR) is 130 cm³/mol. The van der Waals surface area contributed by atoms with Crippen LogP contribution in [0.4, 0.5) is 5.82 Å². The predicted octanol–water partition coefficient (Wildman–Crippen LogP) is 4.90. The smallest absolute Gasteiger partial charge is 0.261 e. The van der Waals surface area contributed by atoms with Crippen molar-refractivity contribution in [2.45, 2.75) is 51.7 Å². The highest BCUT2D eigenvalue weighted by Gasteiger charge is 2.52. The number of rotatable bonds is 6. The molecule has 0 bridgehead atoms. The Bertz CT molecular complexity index is 914. The lowest BCUT2D eigenvalue weighted by molar-refractivity contribution is 0.154. The van der Waals surface area contributed by atoms with E-state index in [9.17, 15) is 0 Å². The van der Waals surface area contributed by atoms with Gasteiger partial charge in [0.1, 0.15) is 5.82 Å². The highest BCUT2D eigenvalue weighted by atomic mass is 28.4. The van der Waals surface area contributed by atoms with Crippen molar-refractivity contribution in [3.63, 3.8) is 0 Å². The van der Waals surface area contributed by atoms with Crippen LogP contribution in [-0.4, -0.2) is 32.5 Å². The molecule has 158 valence electrons. The van der Waals surface area contributed by atoms with E-state index in [2.05, 4.69) is 117 Å². The lowest BCUT2D eigenvalue weighted by Crippen LogP contribution is -2.70. The Labute approximate surface area is 182 Å². The van der Waals surface area contributed by atoms with E-state index in [-0.39, 0.29) is 11.1 Å². The van der Waals surface area contributed by atoms with Gasteiger partial charge in [-0.15, -0.1) is 0 Å². The minimum Gasteiger partial charge on any atom is -0.401 e. The van der Waals surface area contributed by atoms with Crippen molar-refractivity contribution in [1.29, 1.82) is 0 Å². The van der Waals surface area contributed by atoms with Gasteiger partial charge in [0.05, 0.1) is 6.10 Å². The molecular weight excluding hydrogens is 384 g/mol. The summed E-state index contributed by atoms with van der Waals surface area (Å²) in [5.41, 5.74) is 1.36. The van der Waals surface area contributed by atoms with Gasteiger partial charge in [-0.2, -0.15) is 0 Å². The highest BCUT2D eigenvalue weighted by Crippen LogP contribution is 2.39. The molecule has 0 atom stereocenters. The third-order valence-corrected chi connectivity index (χ3v) is 11.4. The number of aromatic nitrogens is 1. The fraction of sp³-hybridized carbons (Fsp3) is 0.385. The Morgan fingerprint density at radius 3 is 1.90 bits per heavy atom. The van der Waals surface area contributed by atoms with E-state index in [0.29, 0.717) is 5.92 Å². The summed E-state index contributed by atoms with van der Waals surface area (Å²) in [5.74, 6) is 1.75. The second-order valence-electron chi connectivity index (χ2n) is 9.78. The maximum atomic E-state index is 7.20. The number of H-pyrrole nitrogens is 1. The summed E-state index contributed by atoms with van der Waals surface area (Å²) in [5, 5.41) is 2.72. The van der Waals surface area contributed by atoms with Gasteiger partial charge in [0.15, 0.2) is 0 Å². The van der Waals surface area contributed by atoms with Crippen molar-refractivity contribution in [3.05, 3.63) is 78.5 Å². The summed E-state index contributed by atoms with van der Waals surface area (Å²) < 4.78 is 7.20. The molecule has 0 radical (unpaired) electrons. The zero-order valence-corrected chi connectivity index (χ0v) is 19.9. The van der Waals surface area contributed by atoms with Crippen LogP contribution in [0.1, 0.15) is 46.1 Å². The van der Waals surface area contributed by atoms with Crippen LogP contribution in [0.25, 0.3) is 0 Å². The molecule has 1 saturated heterocycles. The third kappa shape index (κ3) is 3.74. The lowest BCUT2D eigenvalue weighted by Gasteiger charge is -2.50. The van der Waals surface area contributed by atoms with Crippen molar-refractivity contribution in [2.75, 3.05) is 18.0 Å². The van der Waals surface area contributed by atoms with E-state index >= 15 is 0 Å². The van der Waals surface area contributed by atoms with Crippen LogP contribution in [-0.2, 0) is 4.43 Å². The summed E-state index contributed by atoms with van der Waals surface area (Å²) in [6.45, 7) is 13.4. The molecule has 3 aromatic rings. The minimum absolute atomic E-state index is 0.0212. The number of nitrogens with zero attached hydrogens (tertiary/aromatic N) is 1.